The Balaban J connectivity index is 0.00000243. The van der Waals surface area contributed by atoms with E-state index in [-0.39, 0.29) is 59.5 Å². The van der Waals surface area contributed by atoms with E-state index in [0.29, 0.717) is 19.5 Å². The van der Waals surface area contributed by atoms with Crippen molar-refractivity contribution in [1.82, 2.24) is 15.5 Å². The van der Waals surface area contributed by atoms with Crippen LogP contribution in [0.4, 0.5) is 0 Å². The van der Waals surface area contributed by atoms with Crippen LogP contribution in [0.3, 0.4) is 0 Å². The van der Waals surface area contributed by atoms with Crippen LogP contribution in [0.15, 0.2) is 17.1 Å². The molecule has 2 bridgehead atoms. The number of hydrogen-bond acceptors (Lipinski definition) is 3. The predicted octanol–water partition coefficient (Wildman–Crippen LogP) is 2.16. The van der Waals surface area contributed by atoms with Gasteiger partial charge in [-0.3, -0.25) is 19.5 Å². The number of amides is 2. The van der Waals surface area contributed by atoms with Crippen LogP contribution in [0.25, 0.3) is 0 Å². The lowest BCUT2D eigenvalue weighted by Crippen LogP contribution is -2.38. The summed E-state index contributed by atoms with van der Waals surface area (Å²) in [4.78, 5) is 31.2. The molecule has 7 heteroatoms. The highest BCUT2D eigenvalue weighted by molar-refractivity contribution is 14.0. The number of likely N-dealkylation sites (tertiary alicyclic amines) is 1. The molecule has 2 fully saturated rings. The number of allylic oxidation sites excluding steroid dienone is 2. The number of rotatable bonds is 8. The molecule has 0 aromatic carbocycles. The van der Waals surface area contributed by atoms with Gasteiger partial charge in [-0.1, -0.05) is 25.5 Å². The van der Waals surface area contributed by atoms with Crippen LogP contribution < -0.4 is 10.6 Å². The van der Waals surface area contributed by atoms with Crippen molar-refractivity contribution in [3.05, 3.63) is 12.2 Å². The Kier molecular flexibility index (Phi) is 7.91. The minimum atomic E-state index is -0.0842. The standard InChI is InChI=1S/C19H30N4O2.HI/c1-3-5-9-21-19(20-4-2)22-10-6-11-23-17(24)15-13-7-8-14(12-13)16(15)18(23)25;/h7-8,13-16H,3-6,9-12H2,1-2H3,(H2,20,21,22);1H. The first kappa shape index (κ1) is 21.2. The largest absolute Gasteiger partial charge is 0.357 e. The Morgan fingerprint density at radius 2 is 1.77 bits per heavy atom. The lowest BCUT2D eigenvalue weighted by atomic mass is 9.85. The second kappa shape index (κ2) is 9.71. The van der Waals surface area contributed by atoms with Crippen molar-refractivity contribution in [1.29, 1.82) is 0 Å². The van der Waals surface area contributed by atoms with Gasteiger partial charge in [0.05, 0.1) is 11.8 Å². The molecule has 26 heavy (non-hydrogen) atoms. The van der Waals surface area contributed by atoms with E-state index in [0.717, 1.165) is 38.3 Å². The molecule has 4 atom stereocenters. The van der Waals surface area contributed by atoms with Gasteiger partial charge < -0.3 is 10.6 Å². The average Bonchev–Trinajstić information content (AvgIpc) is 3.27. The third-order valence-corrected chi connectivity index (χ3v) is 5.54. The zero-order valence-electron chi connectivity index (χ0n) is 15.7. The molecule has 1 saturated heterocycles. The van der Waals surface area contributed by atoms with Crippen LogP contribution in [0.5, 0.6) is 0 Å². The lowest BCUT2D eigenvalue weighted by molar-refractivity contribution is -0.140. The molecule has 4 unspecified atom stereocenters. The van der Waals surface area contributed by atoms with Gasteiger partial charge in [0.1, 0.15) is 0 Å². The molecule has 2 aliphatic carbocycles. The van der Waals surface area contributed by atoms with Crippen molar-refractivity contribution in [3.63, 3.8) is 0 Å². The molecular weight excluding hydrogens is 443 g/mol. The number of halogens is 1. The van der Waals surface area contributed by atoms with Crippen LogP contribution in [-0.2, 0) is 9.59 Å². The summed E-state index contributed by atoms with van der Waals surface area (Å²) in [6, 6.07) is 0. The molecule has 2 N–H and O–H groups in total. The summed E-state index contributed by atoms with van der Waals surface area (Å²) >= 11 is 0. The number of imide groups is 1. The highest BCUT2D eigenvalue weighted by Crippen LogP contribution is 2.52. The number of carbonyl (C=O) groups is 2. The molecule has 3 rings (SSSR count). The number of aliphatic imine (C=N–C) groups is 1. The van der Waals surface area contributed by atoms with E-state index >= 15 is 0 Å². The molecule has 146 valence electrons. The van der Waals surface area contributed by atoms with Gasteiger partial charge in [0.15, 0.2) is 5.96 Å². The van der Waals surface area contributed by atoms with Gasteiger partial charge in [0.25, 0.3) is 0 Å². The molecule has 3 aliphatic rings. The Morgan fingerprint density at radius 3 is 2.35 bits per heavy atom. The number of guanidine groups is 1. The Hall–Kier alpha value is -1.12. The molecule has 0 aromatic rings. The summed E-state index contributed by atoms with van der Waals surface area (Å²) in [5, 5.41) is 6.53. The smallest absolute Gasteiger partial charge is 0.233 e. The first-order valence-corrected chi connectivity index (χ1v) is 9.73. The third-order valence-electron chi connectivity index (χ3n) is 5.54. The Labute approximate surface area is 173 Å². The summed E-state index contributed by atoms with van der Waals surface area (Å²) in [5.41, 5.74) is 0. The van der Waals surface area contributed by atoms with Crippen molar-refractivity contribution in [2.45, 2.75) is 39.5 Å². The van der Waals surface area contributed by atoms with Crippen molar-refractivity contribution >= 4 is 41.8 Å². The predicted molar refractivity (Wildman–Crippen MR) is 113 cm³/mol. The average molecular weight is 474 g/mol. The monoisotopic (exact) mass is 474 g/mol. The van der Waals surface area contributed by atoms with E-state index in [9.17, 15) is 9.59 Å². The third kappa shape index (κ3) is 4.23. The fraction of sp³-hybridized carbons (Fsp3) is 0.737. The van der Waals surface area contributed by atoms with Crippen LogP contribution in [0, 0.1) is 23.7 Å². The van der Waals surface area contributed by atoms with E-state index in [1.165, 1.54) is 4.90 Å². The van der Waals surface area contributed by atoms with Crippen molar-refractivity contribution < 1.29 is 9.59 Å². The van der Waals surface area contributed by atoms with Crippen LogP contribution in [0.1, 0.15) is 39.5 Å². The summed E-state index contributed by atoms with van der Waals surface area (Å²) in [7, 11) is 0. The number of nitrogens with zero attached hydrogens (tertiary/aromatic N) is 2. The molecular formula is C19H31IN4O2. The van der Waals surface area contributed by atoms with E-state index in [1.54, 1.807) is 0 Å². The first-order valence-electron chi connectivity index (χ1n) is 9.73. The first-order chi connectivity index (χ1) is 12.2. The second-order valence-corrected chi connectivity index (χ2v) is 7.22. The Morgan fingerprint density at radius 1 is 1.12 bits per heavy atom. The van der Waals surface area contributed by atoms with Crippen molar-refractivity contribution in [3.8, 4) is 0 Å². The quantitative estimate of drug-likeness (QED) is 0.141. The van der Waals surface area contributed by atoms with Gasteiger partial charge in [-0.25, -0.2) is 0 Å². The van der Waals surface area contributed by atoms with Crippen LogP contribution >= 0.6 is 24.0 Å². The van der Waals surface area contributed by atoms with Crippen LogP contribution in [0.2, 0.25) is 0 Å². The summed E-state index contributed by atoms with van der Waals surface area (Å²) in [5.74, 6) is 1.31. The number of hydrogen-bond donors (Lipinski definition) is 2. The molecule has 0 radical (unpaired) electrons. The normalized spacial score (nSPS) is 29.2. The summed E-state index contributed by atoms with van der Waals surface area (Å²) < 4.78 is 0. The Bertz CT molecular complexity index is 548. The van der Waals surface area contributed by atoms with E-state index in [2.05, 4.69) is 34.7 Å². The van der Waals surface area contributed by atoms with E-state index in [4.69, 9.17) is 0 Å². The lowest BCUT2D eigenvalue weighted by Gasteiger charge is -2.17. The molecule has 1 heterocycles. The van der Waals surface area contributed by atoms with E-state index in [1.807, 2.05) is 6.92 Å². The van der Waals surface area contributed by atoms with Gasteiger partial charge in [-0.2, -0.15) is 0 Å². The molecule has 1 aliphatic heterocycles. The highest BCUT2D eigenvalue weighted by atomic mass is 127. The van der Waals surface area contributed by atoms with Gasteiger partial charge >= 0.3 is 0 Å². The van der Waals surface area contributed by atoms with Gasteiger partial charge in [0, 0.05) is 26.2 Å². The highest BCUT2D eigenvalue weighted by Gasteiger charge is 2.58. The summed E-state index contributed by atoms with van der Waals surface area (Å²) in [6.45, 7) is 7.03. The maximum atomic E-state index is 12.6. The number of fused-ring (bicyclic) bond motifs is 5. The van der Waals surface area contributed by atoms with Crippen molar-refractivity contribution in [2.24, 2.45) is 28.7 Å². The molecule has 0 spiro atoms. The number of carbonyl (C=O) groups excluding carboxylic acids is 2. The van der Waals surface area contributed by atoms with E-state index < -0.39 is 0 Å². The van der Waals surface area contributed by atoms with Crippen molar-refractivity contribution in [2.75, 3.05) is 26.2 Å². The molecule has 0 aromatic heterocycles. The van der Waals surface area contributed by atoms with Gasteiger partial charge in [-0.05, 0) is 38.0 Å². The second-order valence-electron chi connectivity index (χ2n) is 7.22. The number of nitrogens with one attached hydrogen (secondary N) is 2. The fourth-order valence-electron chi connectivity index (χ4n) is 4.33. The van der Waals surface area contributed by atoms with Crippen LogP contribution in [-0.4, -0.2) is 48.9 Å². The fourth-order valence-corrected chi connectivity index (χ4v) is 4.33. The molecule has 1 saturated carbocycles. The zero-order valence-corrected chi connectivity index (χ0v) is 18.1. The number of unbranched alkanes of at least 4 members (excludes halogenated alkanes) is 1. The van der Waals surface area contributed by atoms with Gasteiger partial charge in [0.2, 0.25) is 11.8 Å². The minimum absolute atomic E-state index is 0. The zero-order chi connectivity index (χ0) is 17.8. The maximum Gasteiger partial charge on any atom is 0.233 e. The SMILES string of the molecule is CCCCNC(=NCCCN1C(=O)C2C3C=CC(C3)C2C1=O)NCC.I. The molecule has 2 amide bonds. The molecule has 6 nitrogen and oxygen atoms in total. The van der Waals surface area contributed by atoms with Gasteiger partial charge in [-0.15, -0.1) is 24.0 Å². The minimum Gasteiger partial charge on any atom is -0.357 e. The maximum absolute atomic E-state index is 12.6. The topological polar surface area (TPSA) is 73.8 Å². The summed E-state index contributed by atoms with van der Waals surface area (Å²) in [6.07, 6.45) is 8.22.